The molecule has 1 aromatic rings. The van der Waals surface area contributed by atoms with Crippen LogP contribution in [0.3, 0.4) is 0 Å². The quantitative estimate of drug-likeness (QED) is 0.657. The Balaban J connectivity index is 2.75. The molecule has 0 amide bonds. The highest BCUT2D eigenvalue weighted by atomic mass is 16.3. The minimum absolute atomic E-state index is 0.422. The maximum Gasteiger partial charge on any atom is 0.129 e. The molecule has 0 saturated carbocycles. The predicted molar refractivity (Wildman–Crippen MR) is 70.7 cm³/mol. The van der Waals surface area contributed by atoms with Gasteiger partial charge in [-0.1, -0.05) is 6.92 Å². The second kappa shape index (κ2) is 5.98. The van der Waals surface area contributed by atoms with Gasteiger partial charge in [-0.3, -0.25) is 0 Å². The van der Waals surface area contributed by atoms with Crippen LogP contribution in [0.5, 0.6) is 0 Å². The van der Waals surface area contributed by atoms with Crippen molar-refractivity contribution in [2.45, 2.75) is 39.2 Å². The molecule has 1 heterocycles. The third-order valence-corrected chi connectivity index (χ3v) is 2.94. The Bertz CT molecular complexity index is 343. The molecular weight excluding hydrogens is 214 g/mol. The summed E-state index contributed by atoms with van der Waals surface area (Å²) < 4.78 is 0. The fourth-order valence-electron chi connectivity index (χ4n) is 2.04. The smallest absolute Gasteiger partial charge is 0.129 e. The van der Waals surface area contributed by atoms with Gasteiger partial charge in [0.25, 0.3) is 0 Å². The number of nitrogens with zero attached hydrogens (tertiary/aromatic N) is 1. The highest BCUT2D eigenvalue weighted by molar-refractivity contribution is 5.47. The Hall–Kier alpha value is -1.13. The van der Waals surface area contributed by atoms with Gasteiger partial charge in [-0.05, 0) is 51.4 Å². The SMILES string of the molecule is CCCNCCC(C)(O)c1c(C)ccnc1N. The summed E-state index contributed by atoms with van der Waals surface area (Å²) in [6.45, 7) is 7.60. The van der Waals surface area contributed by atoms with Crippen LogP contribution in [0.15, 0.2) is 12.3 Å². The summed E-state index contributed by atoms with van der Waals surface area (Å²) in [5.74, 6) is 0.422. The van der Waals surface area contributed by atoms with Gasteiger partial charge in [-0.25, -0.2) is 4.98 Å². The lowest BCUT2D eigenvalue weighted by Gasteiger charge is -2.26. The van der Waals surface area contributed by atoms with E-state index in [-0.39, 0.29) is 0 Å². The van der Waals surface area contributed by atoms with Crippen LogP contribution in [0.1, 0.15) is 37.8 Å². The maximum atomic E-state index is 10.5. The molecule has 0 aromatic carbocycles. The third-order valence-electron chi connectivity index (χ3n) is 2.94. The summed E-state index contributed by atoms with van der Waals surface area (Å²) in [7, 11) is 0. The molecule has 0 radical (unpaired) electrons. The molecular formula is C13H23N3O. The zero-order valence-corrected chi connectivity index (χ0v) is 11.0. The molecule has 1 rings (SSSR count). The van der Waals surface area contributed by atoms with Gasteiger partial charge in [0.05, 0.1) is 5.60 Å². The molecule has 0 aliphatic heterocycles. The molecule has 4 nitrogen and oxygen atoms in total. The maximum absolute atomic E-state index is 10.5. The molecule has 4 N–H and O–H groups in total. The number of hydrogen-bond acceptors (Lipinski definition) is 4. The first-order valence-electron chi connectivity index (χ1n) is 6.13. The second-order valence-electron chi connectivity index (χ2n) is 4.66. The molecule has 4 heteroatoms. The van der Waals surface area contributed by atoms with Gasteiger partial charge in [0, 0.05) is 11.8 Å². The minimum atomic E-state index is -0.927. The van der Waals surface area contributed by atoms with Crippen LogP contribution in [-0.4, -0.2) is 23.2 Å². The highest BCUT2D eigenvalue weighted by Gasteiger charge is 2.27. The summed E-state index contributed by atoms with van der Waals surface area (Å²) >= 11 is 0. The van der Waals surface area contributed by atoms with Crippen LogP contribution in [0.4, 0.5) is 5.82 Å². The summed E-state index contributed by atoms with van der Waals surface area (Å²) in [6.07, 6.45) is 3.39. The number of nitrogen functional groups attached to an aromatic ring is 1. The van der Waals surface area contributed by atoms with Crippen molar-refractivity contribution in [2.24, 2.45) is 0 Å². The van der Waals surface area contributed by atoms with Crippen LogP contribution in [0.2, 0.25) is 0 Å². The fourth-order valence-corrected chi connectivity index (χ4v) is 2.04. The molecule has 0 aliphatic rings. The topological polar surface area (TPSA) is 71.2 Å². The first kappa shape index (κ1) is 13.9. The van der Waals surface area contributed by atoms with E-state index in [0.717, 1.165) is 30.6 Å². The van der Waals surface area contributed by atoms with Crippen LogP contribution < -0.4 is 11.1 Å². The van der Waals surface area contributed by atoms with Crippen molar-refractivity contribution in [3.63, 3.8) is 0 Å². The number of aryl methyl sites for hydroxylation is 1. The van der Waals surface area contributed by atoms with Crippen molar-refractivity contribution in [3.8, 4) is 0 Å². The van der Waals surface area contributed by atoms with E-state index < -0.39 is 5.60 Å². The summed E-state index contributed by atoms with van der Waals surface area (Å²) in [6, 6.07) is 1.87. The molecule has 0 bridgehead atoms. The first-order chi connectivity index (χ1) is 7.99. The standard InChI is InChI=1S/C13H23N3O/c1-4-7-15-9-6-13(3,17)11-10(2)5-8-16-12(11)14/h5,8,15,17H,4,6-7,9H2,1-3H3,(H2,14,16). The number of nitrogens with one attached hydrogen (secondary N) is 1. The van der Waals surface area contributed by atoms with Crippen LogP contribution in [-0.2, 0) is 5.60 Å². The van der Waals surface area contributed by atoms with Crippen molar-refractivity contribution >= 4 is 5.82 Å². The molecule has 0 aliphatic carbocycles. The molecule has 1 unspecified atom stereocenters. The van der Waals surface area contributed by atoms with Gasteiger partial charge in [0.1, 0.15) is 5.82 Å². The lowest BCUT2D eigenvalue weighted by Crippen LogP contribution is -2.30. The van der Waals surface area contributed by atoms with E-state index >= 15 is 0 Å². The van der Waals surface area contributed by atoms with Crippen molar-refractivity contribution < 1.29 is 5.11 Å². The Labute approximate surface area is 103 Å². The van der Waals surface area contributed by atoms with Crippen molar-refractivity contribution in [3.05, 3.63) is 23.4 Å². The highest BCUT2D eigenvalue weighted by Crippen LogP contribution is 2.30. The summed E-state index contributed by atoms with van der Waals surface area (Å²) in [4.78, 5) is 4.05. The van der Waals surface area contributed by atoms with Gasteiger partial charge in [0.15, 0.2) is 0 Å². The lowest BCUT2D eigenvalue weighted by molar-refractivity contribution is 0.0479. The van der Waals surface area contributed by atoms with Crippen LogP contribution in [0.25, 0.3) is 0 Å². The molecule has 1 atom stereocenters. The van der Waals surface area contributed by atoms with Crippen molar-refractivity contribution in [1.82, 2.24) is 10.3 Å². The van der Waals surface area contributed by atoms with E-state index in [4.69, 9.17) is 5.73 Å². The number of aromatic nitrogens is 1. The van der Waals surface area contributed by atoms with E-state index in [2.05, 4.69) is 17.2 Å². The van der Waals surface area contributed by atoms with E-state index in [9.17, 15) is 5.11 Å². The second-order valence-corrected chi connectivity index (χ2v) is 4.66. The summed E-state index contributed by atoms with van der Waals surface area (Å²) in [5.41, 5.74) is 6.65. The molecule has 1 aromatic heterocycles. The Kier molecular flexibility index (Phi) is 4.90. The van der Waals surface area contributed by atoms with Gasteiger partial charge in [-0.15, -0.1) is 0 Å². The molecule has 0 saturated heterocycles. The molecule has 0 fully saturated rings. The average Bonchev–Trinajstić information content (AvgIpc) is 2.24. The normalized spacial score (nSPS) is 14.6. The number of rotatable bonds is 6. The lowest BCUT2D eigenvalue weighted by atomic mass is 9.89. The van der Waals surface area contributed by atoms with Gasteiger partial charge in [-0.2, -0.15) is 0 Å². The third kappa shape index (κ3) is 3.68. The Morgan fingerprint density at radius 3 is 2.76 bits per heavy atom. The fraction of sp³-hybridized carbons (Fsp3) is 0.615. The minimum Gasteiger partial charge on any atom is -0.385 e. The average molecular weight is 237 g/mol. The largest absolute Gasteiger partial charge is 0.385 e. The van der Waals surface area contributed by atoms with E-state index in [1.165, 1.54) is 0 Å². The number of anilines is 1. The predicted octanol–water partition coefficient (Wildman–Crippen LogP) is 1.57. The van der Waals surface area contributed by atoms with Crippen LogP contribution >= 0.6 is 0 Å². The van der Waals surface area contributed by atoms with Crippen LogP contribution in [0, 0.1) is 6.92 Å². The molecule has 0 spiro atoms. The molecule has 96 valence electrons. The number of aliphatic hydroxyl groups is 1. The van der Waals surface area contributed by atoms with Crippen molar-refractivity contribution in [2.75, 3.05) is 18.8 Å². The number of hydrogen-bond donors (Lipinski definition) is 3. The first-order valence-corrected chi connectivity index (χ1v) is 6.13. The number of nitrogens with two attached hydrogens (primary N) is 1. The Morgan fingerprint density at radius 1 is 1.47 bits per heavy atom. The van der Waals surface area contributed by atoms with Gasteiger partial charge in [0.2, 0.25) is 0 Å². The zero-order valence-electron chi connectivity index (χ0n) is 11.0. The number of pyridine rings is 1. The zero-order chi connectivity index (χ0) is 12.9. The van der Waals surface area contributed by atoms with E-state index in [1.54, 1.807) is 13.1 Å². The van der Waals surface area contributed by atoms with E-state index in [1.807, 2.05) is 13.0 Å². The Morgan fingerprint density at radius 2 is 2.18 bits per heavy atom. The van der Waals surface area contributed by atoms with Crippen molar-refractivity contribution in [1.29, 1.82) is 0 Å². The van der Waals surface area contributed by atoms with E-state index in [0.29, 0.717) is 12.2 Å². The van der Waals surface area contributed by atoms with Gasteiger partial charge >= 0.3 is 0 Å². The molecule has 17 heavy (non-hydrogen) atoms. The monoisotopic (exact) mass is 237 g/mol. The van der Waals surface area contributed by atoms with Gasteiger partial charge < -0.3 is 16.2 Å². The summed E-state index contributed by atoms with van der Waals surface area (Å²) in [5, 5.41) is 13.8.